The van der Waals surface area contributed by atoms with Crippen molar-refractivity contribution >= 4 is 5.91 Å². The molecule has 2 atom stereocenters. The summed E-state index contributed by atoms with van der Waals surface area (Å²) in [6, 6.07) is 0. The summed E-state index contributed by atoms with van der Waals surface area (Å²) in [5.74, 6) is 0.937. The molecule has 0 aromatic rings. The summed E-state index contributed by atoms with van der Waals surface area (Å²) in [5.41, 5.74) is 6.15. The van der Waals surface area contributed by atoms with Crippen molar-refractivity contribution in [1.29, 1.82) is 0 Å². The molecule has 18 heavy (non-hydrogen) atoms. The molecule has 1 fully saturated rings. The minimum Gasteiger partial charge on any atom is -0.349 e. The Kier molecular flexibility index (Phi) is 5.60. The van der Waals surface area contributed by atoms with Gasteiger partial charge in [-0.05, 0) is 25.8 Å². The number of hydrogen-bond acceptors (Lipinski definition) is 3. The molecule has 1 aliphatic carbocycles. The predicted molar refractivity (Wildman–Crippen MR) is 75.4 cm³/mol. The topological polar surface area (TPSA) is 49.6 Å². The fraction of sp³-hybridized carbons (Fsp3) is 0.929. The van der Waals surface area contributed by atoms with E-state index in [1.165, 1.54) is 19.3 Å². The molecule has 1 amide bonds. The molecule has 4 heteroatoms. The lowest BCUT2D eigenvalue weighted by molar-refractivity contribution is -0.129. The first-order valence-electron chi connectivity index (χ1n) is 7.03. The van der Waals surface area contributed by atoms with Crippen LogP contribution in [0.5, 0.6) is 0 Å². The van der Waals surface area contributed by atoms with Gasteiger partial charge in [-0.1, -0.05) is 19.8 Å². The van der Waals surface area contributed by atoms with Gasteiger partial charge in [-0.2, -0.15) is 0 Å². The number of hydrogen-bond donors (Lipinski definition) is 1. The summed E-state index contributed by atoms with van der Waals surface area (Å²) in [6.07, 6.45) is 5.48. The number of nitrogens with two attached hydrogens (primary N) is 1. The molecular formula is C14H29N3O. The monoisotopic (exact) mass is 255 g/mol. The standard InChI is InChI=1S/C14H29N3O/c1-12-6-5-8-14(10-12,11-15)17(4)9-7-13(18)16(2)3/h12H,5-11,15H2,1-4H3. The molecule has 2 N–H and O–H groups in total. The second-order valence-corrected chi connectivity index (χ2v) is 6.09. The summed E-state index contributed by atoms with van der Waals surface area (Å²) in [5, 5.41) is 0. The second kappa shape index (κ2) is 6.53. The maximum absolute atomic E-state index is 11.7. The van der Waals surface area contributed by atoms with Gasteiger partial charge in [-0.15, -0.1) is 0 Å². The Morgan fingerprint density at radius 3 is 2.56 bits per heavy atom. The van der Waals surface area contributed by atoms with Gasteiger partial charge in [0.25, 0.3) is 0 Å². The fourth-order valence-corrected chi connectivity index (χ4v) is 3.04. The molecule has 0 aromatic heterocycles. The zero-order chi connectivity index (χ0) is 13.8. The minimum atomic E-state index is 0.115. The number of amides is 1. The minimum absolute atomic E-state index is 0.115. The van der Waals surface area contributed by atoms with Gasteiger partial charge in [0, 0.05) is 39.1 Å². The first kappa shape index (κ1) is 15.4. The van der Waals surface area contributed by atoms with Crippen molar-refractivity contribution in [1.82, 2.24) is 9.80 Å². The Hall–Kier alpha value is -0.610. The highest BCUT2D eigenvalue weighted by molar-refractivity contribution is 5.75. The third-order valence-corrected chi connectivity index (χ3v) is 4.42. The first-order chi connectivity index (χ1) is 8.41. The van der Waals surface area contributed by atoms with Crippen molar-refractivity contribution in [2.24, 2.45) is 11.7 Å². The lowest BCUT2D eigenvalue weighted by Crippen LogP contribution is -2.55. The van der Waals surface area contributed by atoms with Crippen LogP contribution in [0.4, 0.5) is 0 Å². The van der Waals surface area contributed by atoms with Crippen molar-refractivity contribution in [2.45, 2.75) is 44.6 Å². The van der Waals surface area contributed by atoms with Crippen molar-refractivity contribution < 1.29 is 4.79 Å². The Labute approximate surface area is 111 Å². The molecule has 0 aromatic carbocycles. The van der Waals surface area contributed by atoms with E-state index in [0.29, 0.717) is 13.0 Å². The molecular weight excluding hydrogens is 226 g/mol. The maximum Gasteiger partial charge on any atom is 0.223 e. The van der Waals surface area contributed by atoms with E-state index >= 15 is 0 Å². The molecule has 1 saturated carbocycles. The third-order valence-electron chi connectivity index (χ3n) is 4.42. The number of carbonyl (C=O) groups excluding carboxylic acids is 1. The number of nitrogens with zero attached hydrogens (tertiary/aromatic N) is 2. The van der Waals surface area contributed by atoms with Crippen LogP contribution in [0.1, 0.15) is 39.0 Å². The Bertz CT molecular complexity index is 280. The normalized spacial score (nSPS) is 28.4. The van der Waals surface area contributed by atoms with Gasteiger partial charge < -0.3 is 10.6 Å². The highest BCUT2D eigenvalue weighted by Gasteiger charge is 2.37. The molecule has 1 aliphatic rings. The third kappa shape index (κ3) is 3.69. The van der Waals surface area contributed by atoms with Crippen molar-refractivity contribution in [3.63, 3.8) is 0 Å². The van der Waals surface area contributed by atoms with E-state index in [-0.39, 0.29) is 11.4 Å². The van der Waals surface area contributed by atoms with Crippen LogP contribution in [0.3, 0.4) is 0 Å². The smallest absolute Gasteiger partial charge is 0.223 e. The molecule has 0 heterocycles. The zero-order valence-electron chi connectivity index (χ0n) is 12.4. The molecule has 4 nitrogen and oxygen atoms in total. The quantitative estimate of drug-likeness (QED) is 0.805. The Balaban J connectivity index is 2.56. The van der Waals surface area contributed by atoms with E-state index < -0.39 is 0 Å². The summed E-state index contributed by atoms with van der Waals surface area (Å²) < 4.78 is 0. The van der Waals surface area contributed by atoms with Gasteiger partial charge in [0.15, 0.2) is 0 Å². The van der Waals surface area contributed by atoms with E-state index in [1.54, 1.807) is 4.90 Å². The molecule has 0 spiro atoms. The van der Waals surface area contributed by atoms with Crippen LogP contribution in [0.2, 0.25) is 0 Å². The predicted octanol–water partition coefficient (Wildman–Crippen LogP) is 1.30. The number of rotatable bonds is 5. The lowest BCUT2D eigenvalue weighted by Gasteiger charge is -2.46. The van der Waals surface area contributed by atoms with Gasteiger partial charge in [0.1, 0.15) is 0 Å². The lowest BCUT2D eigenvalue weighted by atomic mass is 9.75. The van der Waals surface area contributed by atoms with Crippen molar-refractivity contribution in [3.8, 4) is 0 Å². The van der Waals surface area contributed by atoms with Crippen LogP contribution in [0.25, 0.3) is 0 Å². The summed E-state index contributed by atoms with van der Waals surface area (Å²) >= 11 is 0. The SMILES string of the molecule is CC1CCCC(CN)(N(C)CCC(=O)N(C)C)C1. The van der Waals surface area contributed by atoms with Crippen LogP contribution in [-0.2, 0) is 4.79 Å². The van der Waals surface area contributed by atoms with E-state index in [4.69, 9.17) is 5.73 Å². The second-order valence-electron chi connectivity index (χ2n) is 6.09. The maximum atomic E-state index is 11.7. The van der Waals surface area contributed by atoms with E-state index in [0.717, 1.165) is 18.9 Å². The molecule has 0 radical (unpaired) electrons. The largest absolute Gasteiger partial charge is 0.349 e. The Morgan fingerprint density at radius 2 is 2.06 bits per heavy atom. The Morgan fingerprint density at radius 1 is 1.39 bits per heavy atom. The van der Waals surface area contributed by atoms with E-state index in [2.05, 4.69) is 18.9 Å². The molecule has 0 aliphatic heterocycles. The van der Waals surface area contributed by atoms with Gasteiger partial charge in [0.2, 0.25) is 5.91 Å². The summed E-state index contributed by atoms with van der Waals surface area (Å²) in [7, 11) is 5.74. The van der Waals surface area contributed by atoms with Gasteiger partial charge in [-0.3, -0.25) is 9.69 Å². The highest BCUT2D eigenvalue weighted by atomic mass is 16.2. The molecule has 0 saturated heterocycles. The summed E-state index contributed by atoms with van der Waals surface area (Å²) in [6.45, 7) is 3.81. The number of carbonyl (C=O) groups is 1. The van der Waals surface area contributed by atoms with Gasteiger partial charge >= 0.3 is 0 Å². The van der Waals surface area contributed by atoms with Gasteiger partial charge in [0.05, 0.1) is 0 Å². The van der Waals surface area contributed by atoms with E-state index in [1.807, 2.05) is 14.1 Å². The van der Waals surface area contributed by atoms with Crippen LogP contribution < -0.4 is 5.73 Å². The van der Waals surface area contributed by atoms with Gasteiger partial charge in [-0.25, -0.2) is 0 Å². The van der Waals surface area contributed by atoms with Crippen molar-refractivity contribution in [2.75, 3.05) is 34.2 Å². The molecule has 1 rings (SSSR count). The summed E-state index contributed by atoms with van der Waals surface area (Å²) in [4.78, 5) is 15.6. The average Bonchev–Trinajstić information content (AvgIpc) is 2.34. The average molecular weight is 255 g/mol. The van der Waals surface area contributed by atoms with E-state index in [9.17, 15) is 4.79 Å². The van der Waals surface area contributed by atoms with Crippen LogP contribution in [-0.4, -0.2) is 55.5 Å². The molecule has 106 valence electrons. The van der Waals surface area contributed by atoms with Crippen LogP contribution in [0.15, 0.2) is 0 Å². The van der Waals surface area contributed by atoms with Crippen molar-refractivity contribution in [3.05, 3.63) is 0 Å². The first-order valence-corrected chi connectivity index (χ1v) is 7.03. The number of likely N-dealkylation sites (N-methyl/N-ethyl adjacent to an activating group) is 1. The molecule has 0 bridgehead atoms. The fourth-order valence-electron chi connectivity index (χ4n) is 3.04. The molecule has 2 unspecified atom stereocenters. The zero-order valence-corrected chi connectivity index (χ0v) is 12.4. The van der Waals surface area contributed by atoms with Crippen LogP contribution >= 0.6 is 0 Å². The highest BCUT2D eigenvalue weighted by Crippen LogP contribution is 2.35. The van der Waals surface area contributed by atoms with Crippen LogP contribution in [0, 0.1) is 5.92 Å².